The number of benzene rings is 2. The number of methoxy groups -OCH3 is 1. The van der Waals surface area contributed by atoms with Gasteiger partial charge in [0.2, 0.25) is 0 Å². The fourth-order valence-corrected chi connectivity index (χ4v) is 4.12. The first-order valence-electron chi connectivity index (χ1n) is 9.08. The number of para-hydroxylation sites is 1. The molecule has 0 bridgehead atoms. The number of hydrogen-bond acceptors (Lipinski definition) is 5. The minimum Gasteiger partial charge on any atom is -0.465 e. The Balaban J connectivity index is 2.02. The summed E-state index contributed by atoms with van der Waals surface area (Å²) < 4.78 is 68.2. The highest BCUT2D eigenvalue weighted by Gasteiger charge is 2.42. The molecule has 0 N–H and O–H groups in total. The van der Waals surface area contributed by atoms with Gasteiger partial charge in [0.15, 0.2) is 11.5 Å². The Morgan fingerprint density at radius 1 is 1.18 bits per heavy atom. The third kappa shape index (κ3) is 4.10. The number of halogens is 6. The van der Waals surface area contributed by atoms with Crippen LogP contribution in [0.4, 0.5) is 17.6 Å². The van der Waals surface area contributed by atoms with Crippen LogP contribution in [-0.2, 0) is 10.9 Å². The molecule has 0 aliphatic rings. The topological polar surface area (TPSA) is 70.2 Å². The predicted molar refractivity (Wildman–Crippen MR) is 119 cm³/mol. The van der Waals surface area contributed by atoms with E-state index in [0.29, 0.717) is 8.25 Å². The number of hydrogen-bond donors (Lipinski definition) is 0. The van der Waals surface area contributed by atoms with E-state index in [-0.39, 0.29) is 16.3 Å². The molecule has 4 aromatic rings. The fraction of sp³-hybridized carbons (Fsp3) is 0.0952. The molecule has 170 valence electrons. The Hall–Kier alpha value is -2.93. The molecular formula is C21H11ClF4IN3O3. The van der Waals surface area contributed by atoms with Crippen molar-refractivity contribution in [1.29, 1.82) is 0 Å². The first-order chi connectivity index (χ1) is 15.6. The van der Waals surface area contributed by atoms with Crippen molar-refractivity contribution < 1.29 is 31.6 Å². The molecule has 0 saturated carbocycles. The Morgan fingerprint density at radius 3 is 2.55 bits per heavy atom. The zero-order valence-corrected chi connectivity index (χ0v) is 19.4. The fourth-order valence-electron chi connectivity index (χ4n) is 3.25. The van der Waals surface area contributed by atoms with Gasteiger partial charge in [-0.05, 0) is 46.9 Å². The smallest absolute Gasteiger partial charge is 0.434 e. The molecular weight excluding hydrogens is 581 g/mol. The van der Waals surface area contributed by atoms with Crippen LogP contribution in [0.3, 0.4) is 0 Å². The van der Waals surface area contributed by atoms with Crippen LogP contribution in [0.2, 0.25) is 5.02 Å². The van der Waals surface area contributed by atoms with E-state index < -0.39 is 46.2 Å². The van der Waals surface area contributed by atoms with Gasteiger partial charge in [0, 0.05) is 3.57 Å². The summed E-state index contributed by atoms with van der Waals surface area (Å²) >= 11 is 7.95. The van der Waals surface area contributed by atoms with Crippen molar-refractivity contribution in [3.63, 3.8) is 0 Å². The largest absolute Gasteiger partial charge is 0.465 e. The summed E-state index contributed by atoms with van der Waals surface area (Å²) in [4.78, 5) is 12.6. The molecule has 12 heteroatoms. The van der Waals surface area contributed by atoms with E-state index in [1.165, 1.54) is 18.2 Å². The Labute approximate surface area is 202 Å². The molecule has 0 radical (unpaired) electrons. The van der Waals surface area contributed by atoms with Crippen LogP contribution in [-0.4, -0.2) is 28.0 Å². The highest BCUT2D eigenvalue weighted by molar-refractivity contribution is 14.1. The maximum atomic E-state index is 14.5. The van der Waals surface area contributed by atoms with Crippen molar-refractivity contribution in [3.05, 3.63) is 74.3 Å². The van der Waals surface area contributed by atoms with Gasteiger partial charge in [0.25, 0.3) is 0 Å². The van der Waals surface area contributed by atoms with Crippen LogP contribution in [0.15, 0.2) is 53.2 Å². The molecule has 0 aliphatic carbocycles. The first kappa shape index (κ1) is 23.2. The standard InChI is InChI=1S/C21H11ClF4IN3O3/c1-32-20(31)16-17(15-11(22)5-4-6-12(15)23)29-33-18(16)10-9-28-30(19(10)21(24,25)26)14-8-3-2-7-13(14)27/h2-9H,1H3. The highest BCUT2D eigenvalue weighted by Crippen LogP contribution is 2.43. The SMILES string of the molecule is COC(=O)c1c(-c2c(F)cccc2Cl)noc1-c1cnn(-c2ccccc2I)c1C(F)(F)F. The van der Waals surface area contributed by atoms with Gasteiger partial charge >= 0.3 is 12.1 Å². The van der Waals surface area contributed by atoms with E-state index in [4.69, 9.17) is 20.9 Å². The molecule has 2 heterocycles. The van der Waals surface area contributed by atoms with E-state index >= 15 is 0 Å². The van der Waals surface area contributed by atoms with Crippen molar-refractivity contribution in [2.24, 2.45) is 0 Å². The van der Waals surface area contributed by atoms with Crippen molar-refractivity contribution in [1.82, 2.24) is 14.9 Å². The van der Waals surface area contributed by atoms with Crippen molar-refractivity contribution >= 4 is 40.2 Å². The van der Waals surface area contributed by atoms with Gasteiger partial charge in [-0.2, -0.15) is 18.3 Å². The van der Waals surface area contributed by atoms with Gasteiger partial charge < -0.3 is 9.26 Å². The Kier molecular flexibility index (Phi) is 6.18. The summed E-state index contributed by atoms with van der Waals surface area (Å²) in [6.07, 6.45) is -4.01. The predicted octanol–water partition coefficient (Wildman–Crippen LogP) is 6.40. The summed E-state index contributed by atoms with van der Waals surface area (Å²) in [5.74, 6) is -2.52. The molecule has 6 nitrogen and oxygen atoms in total. The monoisotopic (exact) mass is 591 g/mol. The molecule has 0 spiro atoms. The van der Waals surface area contributed by atoms with Crippen LogP contribution in [0, 0.1) is 9.39 Å². The first-order valence-corrected chi connectivity index (χ1v) is 10.5. The number of esters is 1. The minimum absolute atomic E-state index is 0.120. The molecule has 0 atom stereocenters. The van der Waals surface area contributed by atoms with E-state index in [1.54, 1.807) is 18.2 Å². The molecule has 0 amide bonds. The van der Waals surface area contributed by atoms with Crippen LogP contribution >= 0.6 is 34.2 Å². The lowest BCUT2D eigenvalue weighted by Crippen LogP contribution is -2.15. The molecule has 2 aromatic carbocycles. The number of carbonyl (C=O) groups is 1. The lowest BCUT2D eigenvalue weighted by Gasteiger charge is -2.13. The highest BCUT2D eigenvalue weighted by atomic mass is 127. The molecule has 0 aliphatic heterocycles. The molecule has 0 unspecified atom stereocenters. The van der Waals surface area contributed by atoms with Crippen LogP contribution in [0.5, 0.6) is 0 Å². The normalized spacial score (nSPS) is 11.6. The quantitative estimate of drug-likeness (QED) is 0.156. The molecule has 0 fully saturated rings. The average molecular weight is 592 g/mol. The van der Waals surface area contributed by atoms with E-state index in [0.717, 1.165) is 19.4 Å². The maximum absolute atomic E-state index is 14.5. The van der Waals surface area contributed by atoms with E-state index in [9.17, 15) is 22.4 Å². The summed E-state index contributed by atoms with van der Waals surface area (Å²) in [5, 5.41) is 7.44. The molecule has 4 rings (SSSR count). The van der Waals surface area contributed by atoms with Gasteiger partial charge in [0.1, 0.15) is 17.1 Å². The van der Waals surface area contributed by atoms with Crippen LogP contribution in [0.25, 0.3) is 28.3 Å². The van der Waals surface area contributed by atoms with Gasteiger partial charge in [-0.15, -0.1) is 0 Å². The maximum Gasteiger partial charge on any atom is 0.434 e. The van der Waals surface area contributed by atoms with Crippen LogP contribution in [0.1, 0.15) is 16.1 Å². The Bertz CT molecular complexity index is 1350. The summed E-state index contributed by atoms with van der Waals surface area (Å²) in [7, 11) is 1.02. The third-order valence-corrected chi connectivity index (χ3v) is 5.87. The van der Waals surface area contributed by atoms with Crippen molar-refractivity contribution in [3.8, 4) is 28.3 Å². The second-order valence-corrected chi connectivity index (χ2v) is 8.16. The number of carbonyl (C=O) groups excluding carboxylic acids is 1. The van der Waals surface area contributed by atoms with Gasteiger partial charge in [-0.1, -0.05) is 35.0 Å². The summed E-state index contributed by atoms with van der Waals surface area (Å²) in [6.45, 7) is 0. The lowest BCUT2D eigenvalue weighted by molar-refractivity contribution is -0.142. The second kappa shape index (κ2) is 8.78. The van der Waals surface area contributed by atoms with E-state index in [1.807, 2.05) is 22.6 Å². The number of alkyl halides is 3. The zero-order chi connectivity index (χ0) is 23.9. The minimum atomic E-state index is -4.90. The lowest BCUT2D eigenvalue weighted by atomic mass is 10.0. The van der Waals surface area contributed by atoms with E-state index in [2.05, 4.69) is 10.3 Å². The molecule has 2 aromatic heterocycles. The number of rotatable bonds is 4. The van der Waals surface area contributed by atoms with Crippen molar-refractivity contribution in [2.75, 3.05) is 7.11 Å². The van der Waals surface area contributed by atoms with Crippen molar-refractivity contribution in [2.45, 2.75) is 6.18 Å². The second-order valence-electron chi connectivity index (χ2n) is 6.59. The van der Waals surface area contributed by atoms with Crippen LogP contribution < -0.4 is 0 Å². The number of aromatic nitrogens is 3. The number of ether oxygens (including phenoxy) is 1. The zero-order valence-electron chi connectivity index (χ0n) is 16.5. The van der Waals surface area contributed by atoms with Gasteiger partial charge in [-0.3, -0.25) is 0 Å². The summed E-state index contributed by atoms with van der Waals surface area (Å²) in [6, 6.07) is 10.0. The van der Waals surface area contributed by atoms with Gasteiger partial charge in [0.05, 0.1) is 35.1 Å². The van der Waals surface area contributed by atoms with Gasteiger partial charge in [-0.25, -0.2) is 13.9 Å². The molecule has 0 saturated heterocycles. The number of nitrogens with zero attached hydrogens (tertiary/aromatic N) is 3. The third-order valence-electron chi connectivity index (χ3n) is 4.64. The average Bonchev–Trinajstić information content (AvgIpc) is 3.38. The molecule has 33 heavy (non-hydrogen) atoms. The summed E-state index contributed by atoms with van der Waals surface area (Å²) in [5.41, 5.74) is -2.85. The Morgan fingerprint density at radius 2 is 1.91 bits per heavy atom.